The molecule has 0 radical (unpaired) electrons. The molecule has 1 aromatic carbocycles. The highest BCUT2D eigenvalue weighted by molar-refractivity contribution is 5.85. The summed E-state index contributed by atoms with van der Waals surface area (Å²) < 4.78 is 0. The smallest absolute Gasteiger partial charge is 0.146 e. The predicted molar refractivity (Wildman–Crippen MR) is 66.6 cm³/mol. The topological polar surface area (TPSA) is 23.6 Å². The fourth-order valence-corrected chi connectivity index (χ4v) is 2.16. The van der Waals surface area contributed by atoms with E-state index in [9.17, 15) is 4.79 Å². The third-order valence-corrected chi connectivity index (χ3v) is 2.83. The SMILES string of the molecule is CC(C)N1/C(=C/C=O)N(C)c2ccccc21. The van der Waals surface area contributed by atoms with Crippen molar-refractivity contribution in [2.45, 2.75) is 19.9 Å². The molecule has 16 heavy (non-hydrogen) atoms. The molecular weight excluding hydrogens is 200 g/mol. The second-order valence-corrected chi connectivity index (χ2v) is 4.17. The first-order chi connectivity index (χ1) is 7.66. The van der Waals surface area contributed by atoms with Gasteiger partial charge in [0.05, 0.1) is 11.4 Å². The van der Waals surface area contributed by atoms with E-state index in [1.807, 2.05) is 24.1 Å². The normalized spacial score (nSPS) is 17.1. The summed E-state index contributed by atoms with van der Waals surface area (Å²) in [5.74, 6) is 0.936. The van der Waals surface area contributed by atoms with Crippen LogP contribution in [0.4, 0.5) is 11.4 Å². The van der Waals surface area contributed by atoms with Crippen molar-refractivity contribution in [3.05, 3.63) is 36.2 Å². The molecule has 0 bridgehead atoms. The molecular formula is C13H16N2O. The molecule has 1 heterocycles. The van der Waals surface area contributed by atoms with Gasteiger partial charge in [-0.05, 0) is 26.0 Å². The number of allylic oxidation sites excluding steroid dienone is 1. The summed E-state index contributed by atoms with van der Waals surface area (Å²) in [6.07, 6.45) is 2.45. The lowest BCUT2D eigenvalue weighted by Crippen LogP contribution is -2.31. The van der Waals surface area contributed by atoms with Crippen LogP contribution in [0.2, 0.25) is 0 Å². The van der Waals surface area contributed by atoms with Crippen LogP contribution in [-0.4, -0.2) is 19.4 Å². The Morgan fingerprint density at radius 2 is 1.81 bits per heavy atom. The Hall–Kier alpha value is -1.77. The van der Waals surface area contributed by atoms with Gasteiger partial charge in [-0.25, -0.2) is 0 Å². The van der Waals surface area contributed by atoms with Gasteiger partial charge in [0.15, 0.2) is 0 Å². The van der Waals surface area contributed by atoms with E-state index in [1.54, 1.807) is 6.08 Å². The van der Waals surface area contributed by atoms with Gasteiger partial charge in [-0.2, -0.15) is 0 Å². The summed E-state index contributed by atoms with van der Waals surface area (Å²) >= 11 is 0. The van der Waals surface area contributed by atoms with Crippen LogP contribution in [0.1, 0.15) is 13.8 Å². The average molecular weight is 216 g/mol. The summed E-state index contributed by atoms with van der Waals surface area (Å²) in [5, 5.41) is 0. The fraction of sp³-hybridized carbons (Fsp3) is 0.308. The van der Waals surface area contributed by atoms with Crippen LogP contribution in [0.25, 0.3) is 0 Å². The van der Waals surface area contributed by atoms with Crippen LogP contribution in [0, 0.1) is 0 Å². The highest BCUT2D eigenvalue weighted by Crippen LogP contribution is 2.41. The fourth-order valence-electron chi connectivity index (χ4n) is 2.16. The molecule has 0 spiro atoms. The zero-order chi connectivity index (χ0) is 11.7. The molecule has 1 aliphatic rings. The average Bonchev–Trinajstić information content (AvgIpc) is 2.54. The summed E-state index contributed by atoms with van der Waals surface area (Å²) in [6, 6.07) is 8.51. The highest BCUT2D eigenvalue weighted by Gasteiger charge is 2.29. The van der Waals surface area contributed by atoms with Gasteiger partial charge in [0.25, 0.3) is 0 Å². The molecule has 84 valence electrons. The molecule has 0 aliphatic carbocycles. The van der Waals surface area contributed by atoms with Gasteiger partial charge in [0, 0.05) is 19.2 Å². The van der Waals surface area contributed by atoms with Crippen LogP contribution in [-0.2, 0) is 4.79 Å². The maximum atomic E-state index is 10.7. The third kappa shape index (κ3) is 1.48. The minimum absolute atomic E-state index is 0.331. The number of hydrogen-bond donors (Lipinski definition) is 0. The maximum absolute atomic E-state index is 10.7. The Morgan fingerprint density at radius 1 is 1.19 bits per heavy atom. The summed E-state index contributed by atoms with van der Waals surface area (Å²) in [5.41, 5.74) is 2.30. The van der Waals surface area contributed by atoms with Crippen LogP contribution < -0.4 is 9.80 Å². The summed E-state index contributed by atoms with van der Waals surface area (Å²) in [7, 11) is 1.98. The third-order valence-electron chi connectivity index (χ3n) is 2.83. The first kappa shape index (κ1) is 10.7. The number of carbonyl (C=O) groups is 1. The van der Waals surface area contributed by atoms with Crippen molar-refractivity contribution in [1.82, 2.24) is 0 Å². The van der Waals surface area contributed by atoms with Gasteiger partial charge in [-0.15, -0.1) is 0 Å². The second-order valence-electron chi connectivity index (χ2n) is 4.17. The monoisotopic (exact) mass is 216 g/mol. The maximum Gasteiger partial charge on any atom is 0.146 e. The molecule has 0 fully saturated rings. The standard InChI is InChI=1S/C13H16N2O/c1-10(2)15-12-7-5-4-6-11(12)14(3)13(15)8-9-16/h4-10H,1-3H3/b13-8+. The van der Waals surface area contributed by atoms with Gasteiger partial charge in [0.2, 0.25) is 0 Å². The minimum Gasteiger partial charge on any atom is -0.329 e. The lowest BCUT2D eigenvalue weighted by Gasteiger charge is -2.26. The van der Waals surface area contributed by atoms with Crippen molar-refractivity contribution in [2.24, 2.45) is 0 Å². The molecule has 1 aromatic rings. The Bertz CT molecular complexity index is 437. The van der Waals surface area contributed by atoms with E-state index in [4.69, 9.17) is 0 Å². The van der Waals surface area contributed by atoms with Crippen LogP contribution in [0.15, 0.2) is 36.2 Å². The van der Waals surface area contributed by atoms with Crippen LogP contribution >= 0.6 is 0 Å². The number of benzene rings is 1. The quantitative estimate of drug-likeness (QED) is 0.560. The Morgan fingerprint density at radius 3 is 2.38 bits per heavy atom. The van der Waals surface area contributed by atoms with Crippen molar-refractivity contribution < 1.29 is 4.79 Å². The minimum atomic E-state index is 0.331. The Kier molecular flexibility index (Phi) is 2.69. The van der Waals surface area contributed by atoms with Crippen molar-refractivity contribution in [2.75, 3.05) is 16.8 Å². The van der Waals surface area contributed by atoms with Gasteiger partial charge in [-0.3, -0.25) is 4.79 Å². The predicted octanol–water partition coefficient (Wildman–Crippen LogP) is 2.39. The number of hydrogen-bond acceptors (Lipinski definition) is 3. The molecule has 0 unspecified atom stereocenters. The van der Waals surface area contributed by atoms with Crippen LogP contribution in [0.5, 0.6) is 0 Å². The number of rotatable bonds is 2. The molecule has 1 aliphatic heterocycles. The van der Waals surface area contributed by atoms with Crippen LogP contribution in [0.3, 0.4) is 0 Å². The first-order valence-corrected chi connectivity index (χ1v) is 5.44. The Labute approximate surface area is 96.0 Å². The first-order valence-electron chi connectivity index (χ1n) is 5.44. The lowest BCUT2D eigenvalue weighted by molar-refractivity contribution is -0.104. The molecule has 0 amide bonds. The van der Waals surface area contributed by atoms with Gasteiger partial charge in [0.1, 0.15) is 12.1 Å². The largest absolute Gasteiger partial charge is 0.329 e. The van der Waals surface area contributed by atoms with E-state index in [1.165, 1.54) is 0 Å². The van der Waals surface area contributed by atoms with E-state index < -0.39 is 0 Å². The second kappa shape index (κ2) is 4.00. The zero-order valence-corrected chi connectivity index (χ0v) is 9.84. The van der Waals surface area contributed by atoms with E-state index in [-0.39, 0.29) is 0 Å². The lowest BCUT2D eigenvalue weighted by atomic mass is 10.2. The molecule has 0 N–H and O–H groups in total. The van der Waals surface area contributed by atoms with E-state index in [0.717, 1.165) is 23.5 Å². The summed E-state index contributed by atoms with van der Waals surface area (Å²) in [4.78, 5) is 14.9. The molecule has 2 rings (SSSR count). The van der Waals surface area contributed by atoms with E-state index in [0.29, 0.717) is 6.04 Å². The van der Waals surface area contributed by atoms with Gasteiger partial charge < -0.3 is 9.80 Å². The van der Waals surface area contributed by atoms with Gasteiger partial charge >= 0.3 is 0 Å². The molecule has 0 saturated carbocycles. The number of para-hydroxylation sites is 2. The Balaban J connectivity index is 2.56. The van der Waals surface area contributed by atoms with Gasteiger partial charge in [-0.1, -0.05) is 12.1 Å². The number of nitrogens with zero attached hydrogens (tertiary/aromatic N) is 2. The van der Waals surface area contributed by atoms with Crippen molar-refractivity contribution >= 4 is 17.7 Å². The molecule has 3 heteroatoms. The van der Waals surface area contributed by atoms with Crippen molar-refractivity contribution in [3.63, 3.8) is 0 Å². The van der Waals surface area contributed by atoms with E-state index >= 15 is 0 Å². The molecule has 0 atom stereocenters. The number of aldehydes is 1. The number of anilines is 2. The summed E-state index contributed by atoms with van der Waals surface area (Å²) in [6.45, 7) is 4.24. The molecule has 3 nitrogen and oxygen atoms in total. The van der Waals surface area contributed by atoms with Crippen molar-refractivity contribution in [1.29, 1.82) is 0 Å². The number of fused-ring (bicyclic) bond motifs is 1. The van der Waals surface area contributed by atoms with Crippen molar-refractivity contribution in [3.8, 4) is 0 Å². The highest BCUT2D eigenvalue weighted by atomic mass is 16.1. The molecule has 0 saturated heterocycles. The number of carbonyl (C=O) groups excluding carboxylic acids is 1. The molecule has 0 aromatic heterocycles. The zero-order valence-electron chi connectivity index (χ0n) is 9.84. The van der Waals surface area contributed by atoms with E-state index in [2.05, 4.69) is 30.9 Å².